The summed E-state index contributed by atoms with van der Waals surface area (Å²) in [7, 11) is 0. The number of rotatable bonds is 3. The maximum absolute atomic E-state index is 10.9. The number of hydrogen-bond acceptors (Lipinski definition) is 6. The number of nitrogens with zero attached hydrogens (tertiary/aromatic N) is 3. The highest BCUT2D eigenvalue weighted by atomic mass is 32.2. The highest BCUT2D eigenvalue weighted by Gasteiger charge is 2.12. The van der Waals surface area contributed by atoms with E-state index >= 15 is 0 Å². The molecule has 2 aromatic rings. The molecule has 7 heteroatoms. The molecule has 0 saturated heterocycles. The molecule has 0 aromatic carbocycles. The number of carboxylic acids is 1. The summed E-state index contributed by atoms with van der Waals surface area (Å²) in [6, 6.07) is 3.10. The minimum Gasteiger partial charge on any atom is -0.478 e. The third kappa shape index (κ3) is 2.31. The van der Waals surface area contributed by atoms with Crippen LogP contribution in [-0.4, -0.2) is 26.3 Å². The van der Waals surface area contributed by atoms with E-state index in [-0.39, 0.29) is 5.56 Å². The van der Waals surface area contributed by atoms with Gasteiger partial charge in [-0.25, -0.2) is 9.78 Å². The van der Waals surface area contributed by atoms with E-state index in [2.05, 4.69) is 15.2 Å². The number of carboxylic acid groups (broad SMARTS) is 1. The van der Waals surface area contributed by atoms with Crippen molar-refractivity contribution in [3.05, 3.63) is 29.4 Å². The van der Waals surface area contributed by atoms with Crippen LogP contribution in [-0.2, 0) is 0 Å². The summed E-state index contributed by atoms with van der Waals surface area (Å²) in [5, 5.41) is 16.8. The zero-order chi connectivity index (χ0) is 10.7. The summed E-state index contributed by atoms with van der Waals surface area (Å²) in [6.45, 7) is 0. The Kier molecular flexibility index (Phi) is 2.93. The van der Waals surface area contributed by atoms with Crippen LogP contribution < -0.4 is 0 Å². The highest BCUT2D eigenvalue weighted by molar-refractivity contribution is 8.01. The van der Waals surface area contributed by atoms with Crippen LogP contribution in [0.1, 0.15) is 10.4 Å². The predicted molar refractivity (Wildman–Crippen MR) is 55.2 cm³/mol. The quantitative estimate of drug-likeness (QED) is 0.879. The first-order valence-electron chi connectivity index (χ1n) is 3.89. The van der Waals surface area contributed by atoms with Gasteiger partial charge in [-0.1, -0.05) is 11.3 Å². The topological polar surface area (TPSA) is 76.0 Å². The molecule has 0 aliphatic rings. The summed E-state index contributed by atoms with van der Waals surface area (Å²) < 4.78 is 0.677. The van der Waals surface area contributed by atoms with Crippen molar-refractivity contribution in [2.45, 2.75) is 9.37 Å². The average Bonchev–Trinajstić information content (AvgIpc) is 2.71. The number of aromatic nitrogens is 3. The summed E-state index contributed by atoms with van der Waals surface area (Å²) in [5.74, 6) is -0.991. The Morgan fingerprint density at radius 3 is 3.07 bits per heavy atom. The van der Waals surface area contributed by atoms with Gasteiger partial charge in [0.1, 0.15) is 10.5 Å². The number of hydrogen-bond donors (Lipinski definition) is 1. The fraction of sp³-hybridized carbons (Fsp3) is 0. The third-order valence-electron chi connectivity index (χ3n) is 1.53. The van der Waals surface area contributed by atoms with Crippen molar-refractivity contribution in [2.75, 3.05) is 0 Å². The van der Waals surface area contributed by atoms with Crippen LogP contribution in [0.5, 0.6) is 0 Å². The molecule has 0 bridgehead atoms. The molecule has 0 radical (unpaired) electrons. The first-order valence-corrected chi connectivity index (χ1v) is 5.59. The van der Waals surface area contributed by atoms with Crippen LogP contribution in [0.3, 0.4) is 0 Å². The Labute approximate surface area is 93.2 Å². The van der Waals surface area contributed by atoms with Crippen molar-refractivity contribution < 1.29 is 9.90 Å². The van der Waals surface area contributed by atoms with Crippen LogP contribution in [0.2, 0.25) is 0 Å². The normalized spacial score (nSPS) is 10.1. The molecule has 0 aliphatic heterocycles. The second-order valence-electron chi connectivity index (χ2n) is 2.47. The molecule has 76 valence electrons. The average molecular weight is 239 g/mol. The zero-order valence-corrected chi connectivity index (χ0v) is 8.96. The fourth-order valence-corrected chi connectivity index (χ4v) is 2.39. The van der Waals surface area contributed by atoms with Gasteiger partial charge in [0.25, 0.3) is 0 Å². The van der Waals surface area contributed by atoms with E-state index in [1.54, 1.807) is 17.8 Å². The van der Waals surface area contributed by atoms with Crippen molar-refractivity contribution in [3.63, 3.8) is 0 Å². The minimum absolute atomic E-state index is 0.178. The minimum atomic E-state index is -0.991. The molecule has 0 fully saturated rings. The number of aromatic carboxylic acids is 1. The molecular weight excluding hydrogens is 234 g/mol. The maximum atomic E-state index is 10.9. The van der Waals surface area contributed by atoms with Crippen LogP contribution in [0.15, 0.2) is 33.2 Å². The molecule has 5 nitrogen and oxygen atoms in total. The van der Waals surface area contributed by atoms with Crippen molar-refractivity contribution in [3.8, 4) is 0 Å². The van der Waals surface area contributed by atoms with E-state index in [4.69, 9.17) is 5.11 Å². The largest absolute Gasteiger partial charge is 0.478 e. The van der Waals surface area contributed by atoms with Gasteiger partial charge in [-0.15, -0.1) is 10.2 Å². The molecule has 2 heterocycles. The maximum Gasteiger partial charge on any atom is 0.338 e. The van der Waals surface area contributed by atoms with Crippen molar-refractivity contribution in [1.29, 1.82) is 0 Å². The second-order valence-corrected chi connectivity index (χ2v) is 4.54. The third-order valence-corrected chi connectivity index (χ3v) is 3.32. The molecule has 0 atom stereocenters. The standard InChI is InChI=1S/C8H5N3O2S2/c12-7(13)5-2-1-3-9-6(5)15-8-11-10-4-14-8/h1-4H,(H,12,13). The van der Waals surface area contributed by atoms with Gasteiger partial charge >= 0.3 is 5.97 Å². The lowest BCUT2D eigenvalue weighted by Crippen LogP contribution is -1.99. The first kappa shape index (κ1) is 10.1. The van der Waals surface area contributed by atoms with Crippen LogP contribution >= 0.6 is 23.1 Å². The molecule has 0 aliphatic carbocycles. The van der Waals surface area contributed by atoms with Gasteiger partial charge < -0.3 is 5.11 Å². The Morgan fingerprint density at radius 2 is 2.40 bits per heavy atom. The Bertz CT molecular complexity index is 472. The predicted octanol–water partition coefficient (Wildman–Crippen LogP) is 1.78. The van der Waals surface area contributed by atoms with Gasteiger partial charge in [-0.2, -0.15) is 0 Å². The van der Waals surface area contributed by atoms with Crippen molar-refractivity contribution in [1.82, 2.24) is 15.2 Å². The van der Waals surface area contributed by atoms with E-state index in [0.717, 1.165) is 0 Å². The smallest absolute Gasteiger partial charge is 0.338 e. The van der Waals surface area contributed by atoms with Crippen LogP contribution in [0, 0.1) is 0 Å². The zero-order valence-electron chi connectivity index (χ0n) is 7.32. The first-order chi connectivity index (χ1) is 7.27. The second kappa shape index (κ2) is 4.37. The molecule has 0 spiro atoms. The summed E-state index contributed by atoms with van der Waals surface area (Å²) in [4.78, 5) is 14.9. The molecule has 0 unspecified atom stereocenters. The summed E-state index contributed by atoms with van der Waals surface area (Å²) in [6.07, 6.45) is 1.55. The molecule has 2 rings (SSSR count). The van der Waals surface area contributed by atoms with E-state index < -0.39 is 5.97 Å². The highest BCUT2D eigenvalue weighted by Crippen LogP contribution is 2.29. The monoisotopic (exact) mass is 239 g/mol. The van der Waals surface area contributed by atoms with Gasteiger partial charge in [0.2, 0.25) is 0 Å². The van der Waals surface area contributed by atoms with E-state index in [1.165, 1.54) is 29.2 Å². The van der Waals surface area contributed by atoms with Gasteiger partial charge in [-0.3, -0.25) is 0 Å². The summed E-state index contributed by atoms with van der Waals surface area (Å²) in [5.41, 5.74) is 1.77. The van der Waals surface area contributed by atoms with Crippen molar-refractivity contribution >= 4 is 29.1 Å². The van der Waals surface area contributed by atoms with Gasteiger partial charge in [0, 0.05) is 6.20 Å². The van der Waals surface area contributed by atoms with Gasteiger partial charge in [-0.05, 0) is 23.9 Å². The Balaban J connectivity index is 2.32. The molecule has 1 N–H and O–H groups in total. The molecule has 2 aromatic heterocycles. The van der Waals surface area contributed by atoms with Gasteiger partial charge in [0.15, 0.2) is 4.34 Å². The lowest BCUT2D eigenvalue weighted by Gasteiger charge is -2.00. The van der Waals surface area contributed by atoms with Crippen LogP contribution in [0.25, 0.3) is 0 Å². The Hall–Kier alpha value is -1.47. The SMILES string of the molecule is O=C(O)c1cccnc1Sc1nncs1. The summed E-state index contributed by atoms with van der Waals surface area (Å²) >= 11 is 2.55. The molecule has 15 heavy (non-hydrogen) atoms. The van der Waals surface area contributed by atoms with Crippen molar-refractivity contribution in [2.24, 2.45) is 0 Å². The van der Waals surface area contributed by atoms with E-state index in [9.17, 15) is 4.79 Å². The molecular formula is C8H5N3O2S2. The number of pyridine rings is 1. The van der Waals surface area contributed by atoms with E-state index in [1.807, 2.05) is 0 Å². The molecule has 0 amide bonds. The number of carbonyl (C=O) groups is 1. The molecule has 0 saturated carbocycles. The fourth-order valence-electron chi connectivity index (χ4n) is 0.925. The lowest BCUT2D eigenvalue weighted by atomic mass is 10.3. The lowest BCUT2D eigenvalue weighted by molar-refractivity contribution is 0.0692. The van der Waals surface area contributed by atoms with Crippen LogP contribution in [0.4, 0.5) is 0 Å². The van der Waals surface area contributed by atoms with E-state index in [0.29, 0.717) is 9.37 Å². The van der Waals surface area contributed by atoms with Gasteiger partial charge in [0.05, 0.1) is 5.56 Å². The Morgan fingerprint density at radius 1 is 1.53 bits per heavy atom.